The van der Waals surface area contributed by atoms with Crippen molar-refractivity contribution in [3.05, 3.63) is 48.2 Å². The van der Waals surface area contributed by atoms with Crippen LogP contribution >= 0.6 is 0 Å². The summed E-state index contributed by atoms with van der Waals surface area (Å²) in [6.07, 6.45) is 6.30. The molecule has 11 heteroatoms. The van der Waals surface area contributed by atoms with Crippen molar-refractivity contribution >= 4 is 11.9 Å². The third-order valence-corrected chi connectivity index (χ3v) is 6.96. The summed E-state index contributed by atoms with van der Waals surface area (Å²) in [7, 11) is 0. The van der Waals surface area contributed by atoms with Gasteiger partial charge in [0, 0.05) is 24.3 Å². The van der Waals surface area contributed by atoms with Crippen LogP contribution in [0.5, 0.6) is 0 Å². The Balaban J connectivity index is 1.37. The van der Waals surface area contributed by atoms with E-state index in [0.717, 1.165) is 25.7 Å². The second-order valence-electron chi connectivity index (χ2n) is 10.1. The average molecular weight is 525 g/mol. The van der Waals surface area contributed by atoms with Crippen molar-refractivity contribution in [3.8, 4) is 22.6 Å². The van der Waals surface area contributed by atoms with Gasteiger partial charge in [0.15, 0.2) is 5.82 Å². The molecule has 2 aliphatic rings. The van der Waals surface area contributed by atoms with E-state index in [0.29, 0.717) is 41.0 Å². The first-order valence-electron chi connectivity index (χ1n) is 13.0. The maximum absolute atomic E-state index is 13.6. The third-order valence-electron chi connectivity index (χ3n) is 6.96. The van der Waals surface area contributed by atoms with Gasteiger partial charge in [-0.3, -0.25) is 4.79 Å². The van der Waals surface area contributed by atoms with Gasteiger partial charge in [0.05, 0.1) is 42.3 Å². The number of ether oxygens (including phenoxy) is 2. The van der Waals surface area contributed by atoms with Gasteiger partial charge in [0.1, 0.15) is 5.82 Å². The molecule has 0 radical (unpaired) electrons. The van der Waals surface area contributed by atoms with Gasteiger partial charge < -0.3 is 30.2 Å². The zero-order valence-corrected chi connectivity index (χ0v) is 21.4. The number of hydrogen-bond donors (Lipinski definition) is 4. The number of carbonyl (C=O) groups is 1. The second-order valence-corrected chi connectivity index (χ2v) is 10.1. The standard InChI is InChI=1S/C27H33FN6O4/c1-27(25(36)31-19-5-3-2-4-6-19)15-37-24(38-16-27)23-33-21(17-7-9-18(28)10-8-17)22(34-23)20-11-12-29-26(32-20)30-13-14-35/h7-12,19,24,35H,2-6,13-16H2,1H3,(H,31,36)(H,33,34)(H,29,30,32). The van der Waals surface area contributed by atoms with Crippen LogP contribution in [0.2, 0.25) is 0 Å². The van der Waals surface area contributed by atoms with Crippen LogP contribution in [0.1, 0.15) is 51.1 Å². The molecule has 2 aromatic heterocycles. The number of nitrogens with zero attached hydrogens (tertiary/aromatic N) is 3. The van der Waals surface area contributed by atoms with Gasteiger partial charge in [-0.15, -0.1) is 0 Å². The number of hydrogen-bond acceptors (Lipinski definition) is 8. The minimum atomic E-state index is -0.813. The van der Waals surface area contributed by atoms with Crippen LogP contribution in [0.3, 0.4) is 0 Å². The summed E-state index contributed by atoms with van der Waals surface area (Å²) in [6, 6.07) is 7.95. The van der Waals surface area contributed by atoms with E-state index in [1.807, 2.05) is 6.92 Å². The number of rotatable bonds is 8. The fourth-order valence-electron chi connectivity index (χ4n) is 4.76. The number of imidazole rings is 1. The number of benzene rings is 1. The Morgan fingerprint density at radius 2 is 1.87 bits per heavy atom. The highest BCUT2D eigenvalue weighted by atomic mass is 19.1. The monoisotopic (exact) mass is 524 g/mol. The zero-order valence-electron chi connectivity index (χ0n) is 21.4. The smallest absolute Gasteiger partial charge is 0.230 e. The van der Waals surface area contributed by atoms with Crippen molar-refractivity contribution in [2.45, 2.75) is 51.4 Å². The Kier molecular flexibility index (Phi) is 7.96. The summed E-state index contributed by atoms with van der Waals surface area (Å²) in [5.74, 6) is 0.354. The van der Waals surface area contributed by atoms with Crippen molar-refractivity contribution in [2.24, 2.45) is 5.41 Å². The van der Waals surface area contributed by atoms with Gasteiger partial charge in [-0.2, -0.15) is 0 Å². The molecule has 1 aromatic carbocycles. The molecule has 4 N–H and O–H groups in total. The van der Waals surface area contributed by atoms with Crippen molar-refractivity contribution in [1.82, 2.24) is 25.3 Å². The number of nitrogens with one attached hydrogen (secondary N) is 3. The summed E-state index contributed by atoms with van der Waals surface area (Å²) in [4.78, 5) is 29.7. The molecular weight excluding hydrogens is 491 g/mol. The van der Waals surface area contributed by atoms with Crippen molar-refractivity contribution in [2.75, 3.05) is 31.7 Å². The number of aromatic nitrogens is 4. The summed E-state index contributed by atoms with van der Waals surface area (Å²) in [5, 5.41) is 15.2. The maximum Gasteiger partial charge on any atom is 0.230 e. The van der Waals surface area contributed by atoms with Crippen LogP contribution < -0.4 is 10.6 Å². The van der Waals surface area contributed by atoms with E-state index in [9.17, 15) is 9.18 Å². The van der Waals surface area contributed by atoms with Crippen molar-refractivity contribution in [1.29, 1.82) is 0 Å². The molecule has 0 bridgehead atoms. The highest BCUT2D eigenvalue weighted by Crippen LogP contribution is 2.36. The van der Waals surface area contributed by atoms with E-state index < -0.39 is 11.7 Å². The van der Waals surface area contributed by atoms with E-state index in [4.69, 9.17) is 19.6 Å². The minimum Gasteiger partial charge on any atom is -0.395 e. The molecule has 3 aromatic rings. The van der Waals surface area contributed by atoms with Crippen LogP contribution in [0.15, 0.2) is 36.5 Å². The number of amides is 1. The number of halogens is 1. The third kappa shape index (κ3) is 5.85. The lowest BCUT2D eigenvalue weighted by atomic mass is 9.89. The normalized spacial score (nSPS) is 22.2. The fraction of sp³-hybridized carbons (Fsp3) is 0.481. The molecule has 5 rings (SSSR count). The lowest BCUT2D eigenvalue weighted by molar-refractivity contribution is -0.231. The van der Waals surface area contributed by atoms with Crippen molar-refractivity contribution in [3.63, 3.8) is 0 Å². The maximum atomic E-state index is 13.6. The van der Waals surface area contributed by atoms with Gasteiger partial charge >= 0.3 is 0 Å². The number of H-pyrrole nitrogens is 1. The average Bonchev–Trinajstić information content (AvgIpc) is 3.39. The molecule has 0 atom stereocenters. The number of aliphatic hydroxyl groups is 1. The number of aromatic amines is 1. The minimum absolute atomic E-state index is 0.0566. The predicted octanol–water partition coefficient (Wildman–Crippen LogP) is 3.58. The van der Waals surface area contributed by atoms with Gasteiger partial charge in [-0.1, -0.05) is 19.3 Å². The summed E-state index contributed by atoms with van der Waals surface area (Å²) < 4.78 is 25.7. The largest absolute Gasteiger partial charge is 0.395 e. The molecule has 202 valence electrons. The van der Waals surface area contributed by atoms with E-state index in [2.05, 4.69) is 25.6 Å². The van der Waals surface area contributed by atoms with E-state index >= 15 is 0 Å². The molecule has 0 unspecified atom stereocenters. The molecule has 1 aliphatic heterocycles. The van der Waals surface area contributed by atoms with Crippen LogP contribution in [-0.2, 0) is 14.3 Å². The van der Waals surface area contributed by atoms with Crippen LogP contribution in [-0.4, -0.2) is 63.4 Å². The molecule has 1 aliphatic carbocycles. The highest BCUT2D eigenvalue weighted by Gasteiger charge is 2.41. The molecule has 1 saturated heterocycles. The van der Waals surface area contributed by atoms with Gasteiger partial charge in [0.25, 0.3) is 0 Å². The number of carbonyl (C=O) groups excluding carboxylic acids is 1. The molecule has 38 heavy (non-hydrogen) atoms. The Morgan fingerprint density at radius 1 is 1.13 bits per heavy atom. The number of anilines is 1. The van der Waals surface area contributed by atoms with Crippen molar-refractivity contribution < 1.29 is 23.8 Å². The molecule has 10 nitrogen and oxygen atoms in total. The molecule has 0 spiro atoms. The van der Waals surface area contributed by atoms with E-state index in [-0.39, 0.29) is 37.6 Å². The Morgan fingerprint density at radius 3 is 2.58 bits per heavy atom. The van der Waals surface area contributed by atoms with Gasteiger partial charge in [-0.05, 0) is 50.1 Å². The van der Waals surface area contributed by atoms with E-state index in [1.165, 1.54) is 18.6 Å². The molecule has 2 fully saturated rings. The first-order valence-corrected chi connectivity index (χ1v) is 13.0. The van der Waals surface area contributed by atoms with Crippen LogP contribution in [0.25, 0.3) is 22.6 Å². The molecule has 3 heterocycles. The SMILES string of the molecule is CC1(C(=O)NC2CCCCC2)COC(c2nc(-c3ccc(F)cc3)c(-c3ccnc(NCCO)n3)[nH]2)OC1. The second kappa shape index (κ2) is 11.5. The summed E-state index contributed by atoms with van der Waals surface area (Å²) in [5.41, 5.74) is 1.55. The first kappa shape index (κ1) is 26.2. The Bertz CT molecular complexity index is 1240. The van der Waals surface area contributed by atoms with Gasteiger partial charge in [-0.25, -0.2) is 19.3 Å². The molecular formula is C27H33FN6O4. The molecule has 1 amide bonds. The van der Waals surface area contributed by atoms with Crippen LogP contribution in [0, 0.1) is 11.2 Å². The Labute approximate surface area is 220 Å². The Hall–Kier alpha value is -3.41. The first-order chi connectivity index (χ1) is 18.4. The van der Waals surface area contributed by atoms with E-state index in [1.54, 1.807) is 24.4 Å². The lowest BCUT2D eigenvalue weighted by Gasteiger charge is -2.37. The van der Waals surface area contributed by atoms with Crippen LogP contribution in [0.4, 0.5) is 10.3 Å². The topological polar surface area (TPSA) is 134 Å². The molecule has 1 saturated carbocycles. The lowest BCUT2D eigenvalue weighted by Crippen LogP contribution is -2.51. The highest BCUT2D eigenvalue weighted by molar-refractivity contribution is 5.83. The number of aliphatic hydroxyl groups excluding tert-OH is 1. The summed E-state index contributed by atoms with van der Waals surface area (Å²) in [6.45, 7) is 2.46. The zero-order chi connectivity index (χ0) is 26.5. The quantitative estimate of drug-likeness (QED) is 0.351. The predicted molar refractivity (Wildman–Crippen MR) is 138 cm³/mol. The summed E-state index contributed by atoms with van der Waals surface area (Å²) >= 11 is 0. The van der Waals surface area contributed by atoms with Gasteiger partial charge in [0.2, 0.25) is 18.1 Å². The fourth-order valence-corrected chi connectivity index (χ4v) is 4.76.